The van der Waals surface area contributed by atoms with Gasteiger partial charge in [0.1, 0.15) is 11.6 Å². The third-order valence-electron chi connectivity index (χ3n) is 4.30. The van der Waals surface area contributed by atoms with E-state index in [2.05, 4.69) is 0 Å². The molecule has 1 aromatic rings. The number of nitrogens with zero attached hydrogens (tertiary/aromatic N) is 1. The number of amides is 1. The highest BCUT2D eigenvalue weighted by atomic mass is 32.2. The molecule has 1 aromatic carbocycles. The van der Waals surface area contributed by atoms with Crippen molar-refractivity contribution >= 4 is 21.7 Å². The van der Waals surface area contributed by atoms with Crippen LogP contribution >= 0.6 is 0 Å². The Morgan fingerprint density at radius 1 is 1.38 bits per heavy atom. The zero-order valence-electron chi connectivity index (χ0n) is 14.9. The molecule has 0 aromatic heterocycles. The molecule has 0 bridgehead atoms. The number of carbonyl (C=O) groups is 2. The molecule has 0 saturated carbocycles. The minimum Gasteiger partial charge on any atom is -0.497 e. The van der Waals surface area contributed by atoms with E-state index in [1.54, 1.807) is 6.92 Å². The molecule has 1 saturated heterocycles. The second-order valence-electron chi connectivity index (χ2n) is 6.07. The van der Waals surface area contributed by atoms with Gasteiger partial charge in [-0.1, -0.05) is 0 Å². The first kappa shape index (κ1) is 20.2. The maximum absolute atomic E-state index is 14.0. The molecule has 2 atom stereocenters. The summed E-state index contributed by atoms with van der Waals surface area (Å²) in [6, 6.07) is 3.24. The van der Waals surface area contributed by atoms with Crippen molar-refractivity contribution in [3.05, 3.63) is 29.6 Å². The fraction of sp³-hybridized carbons (Fsp3) is 0.529. The molecule has 1 aliphatic heterocycles. The monoisotopic (exact) mass is 387 g/mol. The minimum atomic E-state index is -3.15. The Bertz CT molecular complexity index is 794. The lowest BCUT2D eigenvalue weighted by atomic mass is 10.2. The number of esters is 1. The van der Waals surface area contributed by atoms with Crippen molar-refractivity contribution in [2.75, 3.05) is 25.2 Å². The number of halogens is 1. The topological polar surface area (TPSA) is 90.0 Å². The fourth-order valence-corrected chi connectivity index (χ4v) is 4.64. The quantitative estimate of drug-likeness (QED) is 0.686. The van der Waals surface area contributed by atoms with Gasteiger partial charge in [0.05, 0.1) is 24.2 Å². The van der Waals surface area contributed by atoms with Crippen molar-refractivity contribution in [2.45, 2.75) is 32.4 Å². The van der Waals surface area contributed by atoms with E-state index >= 15 is 0 Å². The highest BCUT2D eigenvalue weighted by Gasteiger charge is 2.36. The van der Waals surface area contributed by atoms with Crippen LogP contribution < -0.4 is 4.74 Å². The van der Waals surface area contributed by atoms with Crippen molar-refractivity contribution in [3.8, 4) is 5.75 Å². The predicted octanol–water partition coefficient (Wildman–Crippen LogP) is 1.42. The fourth-order valence-electron chi connectivity index (χ4n) is 2.91. The van der Waals surface area contributed by atoms with Crippen molar-refractivity contribution in [1.29, 1.82) is 0 Å². The van der Waals surface area contributed by atoms with Crippen LogP contribution in [-0.4, -0.2) is 62.5 Å². The van der Waals surface area contributed by atoms with Crippen LogP contribution in [0.3, 0.4) is 0 Å². The first-order chi connectivity index (χ1) is 12.2. The summed E-state index contributed by atoms with van der Waals surface area (Å²) in [6.45, 7) is 3.39. The van der Waals surface area contributed by atoms with Gasteiger partial charge in [0.15, 0.2) is 15.9 Å². The molecule has 1 heterocycles. The van der Waals surface area contributed by atoms with Crippen LogP contribution in [0.5, 0.6) is 5.75 Å². The predicted molar refractivity (Wildman–Crippen MR) is 92.3 cm³/mol. The lowest BCUT2D eigenvalue weighted by molar-refractivity contribution is -0.141. The maximum atomic E-state index is 14.0. The summed E-state index contributed by atoms with van der Waals surface area (Å²) in [6.07, 6.45) is -0.803. The summed E-state index contributed by atoms with van der Waals surface area (Å²) in [7, 11) is -1.78. The molecule has 1 fully saturated rings. The number of rotatable bonds is 6. The summed E-state index contributed by atoms with van der Waals surface area (Å²) < 4.78 is 47.2. The molecule has 9 heteroatoms. The summed E-state index contributed by atoms with van der Waals surface area (Å²) in [5.41, 5.74) is -0.308. The van der Waals surface area contributed by atoms with Crippen LogP contribution in [0.2, 0.25) is 0 Å². The number of methoxy groups -OCH3 is 1. The van der Waals surface area contributed by atoms with Gasteiger partial charge in [-0.05, 0) is 32.4 Å². The van der Waals surface area contributed by atoms with Gasteiger partial charge >= 0.3 is 5.97 Å². The van der Waals surface area contributed by atoms with E-state index < -0.39 is 39.7 Å². The van der Waals surface area contributed by atoms with E-state index in [9.17, 15) is 22.4 Å². The van der Waals surface area contributed by atoms with Crippen molar-refractivity contribution in [1.82, 2.24) is 4.90 Å². The van der Waals surface area contributed by atoms with Gasteiger partial charge in [-0.25, -0.2) is 17.6 Å². The van der Waals surface area contributed by atoms with Crippen LogP contribution in [-0.2, 0) is 19.4 Å². The van der Waals surface area contributed by atoms with E-state index in [-0.39, 0.29) is 29.4 Å². The van der Waals surface area contributed by atoms with Gasteiger partial charge in [-0.3, -0.25) is 4.79 Å². The average molecular weight is 387 g/mol. The molecule has 7 nitrogen and oxygen atoms in total. The summed E-state index contributed by atoms with van der Waals surface area (Å²) in [5, 5.41) is 0. The Morgan fingerprint density at radius 2 is 2.08 bits per heavy atom. The molecule has 2 rings (SSSR count). The third-order valence-corrected chi connectivity index (χ3v) is 6.05. The van der Waals surface area contributed by atoms with E-state index in [0.29, 0.717) is 6.42 Å². The summed E-state index contributed by atoms with van der Waals surface area (Å²) in [5.74, 6) is -2.10. The molecule has 0 radical (unpaired) electrons. The highest BCUT2D eigenvalue weighted by Crippen LogP contribution is 2.20. The first-order valence-electron chi connectivity index (χ1n) is 8.24. The number of ether oxygens (including phenoxy) is 2. The molecule has 0 unspecified atom stereocenters. The maximum Gasteiger partial charge on any atom is 0.341 e. The SMILES string of the molecule is CCN(C(=O)[C@@H](C)OC(=O)c1ccc(OC)cc1F)[C@H]1CCS(=O)(=O)C1. The van der Waals surface area contributed by atoms with E-state index in [0.717, 1.165) is 6.07 Å². The van der Waals surface area contributed by atoms with Crippen molar-refractivity contribution < 1.29 is 31.9 Å². The number of sulfone groups is 1. The number of benzene rings is 1. The van der Waals surface area contributed by atoms with Crippen LogP contribution in [0, 0.1) is 5.82 Å². The van der Waals surface area contributed by atoms with Crippen molar-refractivity contribution in [2.24, 2.45) is 0 Å². The largest absolute Gasteiger partial charge is 0.497 e. The van der Waals surface area contributed by atoms with Crippen LogP contribution in [0.15, 0.2) is 18.2 Å². The Morgan fingerprint density at radius 3 is 2.58 bits per heavy atom. The molecular weight excluding hydrogens is 365 g/mol. The second-order valence-corrected chi connectivity index (χ2v) is 8.30. The smallest absolute Gasteiger partial charge is 0.341 e. The van der Waals surface area contributed by atoms with Gasteiger partial charge < -0.3 is 14.4 Å². The van der Waals surface area contributed by atoms with E-state index in [4.69, 9.17) is 9.47 Å². The lowest BCUT2D eigenvalue weighted by Gasteiger charge is -2.29. The highest BCUT2D eigenvalue weighted by molar-refractivity contribution is 7.91. The molecule has 144 valence electrons. The van der Waals surface area contributed by atoms with Gasteiger partial charge in [0.2, 0.25) is 0 Å². The lowest BCUT2D eigenvalue weighted by Crippen LogP contribution is -2.46. The summed E-state index contributed by atoms with van der Waals surface area (Å²) in [4.78, 5) is 26.1. The average Bonchev–Trinajstić information content (AvgIpc) is 2.94. The molecule has 26 heavy (non-hydrogen) atoms. The number of likely N-dealkylation sites (N-methyl/N-ethyl adjacent to an activating group) is 1. The first-order valence-corrected chi connectivity index (χ1v) is 10.1. The zero-order chi connectivity index (χ0) is 19.5. The Balaban J connectivity index is 2.06. The van der Waals surface area contributed by atoms with Gasteiger partial charge in [-0.15, -0.1) is 0 Å². The van der Waals surface area contributed by atoms with Gasteiger partial charge in [0.25, 0.3) is 5.91 Å². The van der Waals surface area contributed by atoms with E-state index in [1.807, 2.05) is 0 Å². The third kappa shape index (κ3) is 4.51. The minimum absolute atomic E-state index is 0.0344. The standard InChI is InChI=1S/C17H22FNO6S/c1-4-19(12-7-8-26(22,23)10-12)16(20)11(2)25-17(21)14-6-5-13(24-3)9-15(14)18/h5-6,9,11-12H,4,7-8,10H2,1-3H3/t11-,12+/m1/s1. The molecule has 0 spiro atoms. The number of hydrogen-bond acceptors (Lipinski definition) is 6. The van der Waals surface area contributed by atoms with Crippen LogP contribution in [0.25, 0.3) is 0 Å². The Hall–Kier alpha value is -2.16. The molecule has 1 amide bonds. The summed E-state index contributed by atoms with van der Waals surface area (Å²) >= 11 is 0. The molecular formula is C17H22FNO6S. The van der Waals surface area contributed by atoms with Gasteiger partial charge in [-0.2, -0.15) is 0 Å². The Labute approximate surface area is 152 Å². The number of carbonyl (C=O) groups excluding carboxylic acids is 2. The normalized spacial score (nSPS) is 19.6. The van der Waals surface area contributed by atoms with Crippen molar-refractivity contribution in [3.63, 3.8) is 0 Å². The molecule has 1 aliphatic rings. The second kappa shape index (κ2) is 8.03. The van der Waals surface area contributed by atoms with Gasteiger partial charge in [0, 0.05) is 18.7 Å². The number of hydrogen-bond donors (Lipinski definition) is 0. The molecule has 0 aliphatic carbocycles. The zero-order valence-corrected chi connectivity index (χ0v) is 15.7. The molecule has 0 N–H and O–H groups in total. The van der Waals surface area contributed by atoms with Crippen LogP contribution in [0.4, 0.5) is 4.39 Å². The van der Waals surface area contributed by atoms with E-state index in [1.165, 1.54) is 31.1 Å². The Kier molecular flexibility index (Phi) is 6.22. The van der Waals surface area contributed by atoms with Crippen LogP contribution in [0.1, 0.15) is 30.6 Å².